The van der Waals surface area contributed by atoms with Crippen LogP contribution in [0.15, 0.2) is 67.3 Å². The molecule has 0 aliphatic carbocycles. The molecule has 3 heterocycles. The van der Waals surface area contributed by atoms with Gasteiger partial charge in [0.25, 0.3) is 11.8 Å². The van der Waals surface area contributed by atoms with Crippen LogP contribution in [0.25, 0.3) is 0 Å². The normalized spacial score (nSPS) is 16.7. The van der Waals surface area contributed by atoms with Crippen molar-refractivity contribution in [2.45, 2.75) is 19.1 Å². The fraction of sp³-hybridized carbons (Fsp3) is 0.217. The number of aromatic nitrogens is 2. The van der Waals surface area contributed by atoms with Crippen molar-refractivity contribution in [1.82, 2.24) is 19.8 Å². The highest BCUT2D eigenvalue weighted by molar-refractivity contribution is 6.17. The molecule has 0 saturated heterocycles. The van der Waals surface area contributed by atoms with Gasteiger partial charge < -0.3 is 14.8 Å². The Bertz CT molecular complexity index is 1160. The summed E-state index contributed by atoms with van der Waals surface area (Å²) < 4.78 is 1.94. The zero-order valence-electron chi connectivity index (χ0n) is 16.8. The number of benzene rings is 2. The SMILES string of the molecule is O=C(CN1C(=O)c2ccccc2N2C(=O)c3ccccc3C12)NCCCn1ccnc1. The van der Waals surface area contributed by atoms with E-state index in [9.17, 15) is 14.4 Å². The van der Waals surface area contributed by atoms with Gasteiger partial charge in [-0.15, -0.1) is 0 Å². The molecule has 156 valence electrons. The van der Waals surface area contributed by atoms with Crippen LogP contribution >= 0.6 is 0 Å². The zero-order chi connectivity index (χ0) is 21.4. The Balaban J connectivity index is 1.37. The molecule has 1 unspecified atom stereocenters. The number of carbonyl (C=O) groups excluding carboxylic acids is 3. The van der Waals surface area contributed by atoms with E-state index in [1.54, 1.807) is 47.8 Å². The van der Waals surface area contributed by atoms with Crippen LogP contribution in [-0.4, -0.2) is 45.3 Å². The molecule has 0 bridgehead atoms. The van der Waals surface area contributed by atoms with Gasteiger partial charge >= 0.3 is 0 Å². The molecular formula is C23H21N5O3. The number of anilines is 1. The first-order chi connectivity index (χ1) is 15.1. The monoisotopic (exact) mass is 415 g/mol. The minimum atomic E-state index is -0.622. The molecule has 31 heavy (non-hydrogen) atoms. The molecule has 2 aliphatic heterocycles. The summed E-state index contributed by atoms with van der Waals surface area (Å²) >= 11 is 0. The maximum absolute atomic E-state index is 13.3. The van der Waals surface area contributed by atoms with Gasteiger partial charge in [-0.3, -0.25) is 19.3 Å². The van der Waals surface area contributed by atoms with Crippen molar-refractivity contribution in [2.75, 3.05) is 18.0 Å². The molecule has 0 spiro atoms. The van der Waals surface area contributed by atoms with E-state index < -0.39 is 6.17 Å². The number of para-hydroxylation sites is 1. The number of amides is 3. The van der Waals surface area contributed by atoms with E-state index in [0.29, 0.717) is 23.4 Å². The summed E-state index contributed by atoms with van der Waals surface area (Å²) in [7, 11) is 0. The van der Waals surface area contributed by atoms with Crippen LogP contribution < -0.4 is 10.2 Å². The largest absolute Gasteiger partial charge is 0.354 e. The van der Waals surface area contributed by atoms with E-state index in [4.69, 9.17) is 0 Å². The smallest absolute Gasteiger partial charge is 0.260 e. The first-order valence-corrected chi connectivity index (χ1v) is 10.2. The van der Waals surface area contributed by atoms with Gasteiger partial charge in [-0.05, 0) is 24.6 Å². The number of hydrogen-bond acceptors (Lipinski definition) is 4. The molecule has 2 aromatic carbocycles. The molecule has 3 aromatic rings. The quantitative estimate of drug-likeness (QED) is 0.626. The molecular weight excluding hydrogens is 394 g/mol. The number of fused-ring (bicyclic) bond motifs is 5. The summed E-state index contributed by atoms with van der Waals surface area (Å²) in [6.07, 6.45) is 5.44. The summed E-state index contributed by atoms with van der Waals surface area (Å²) in [4.78, 5) is 46.2. The zero-order valence-corrected chi connectivity index (χ0v) is 16.8. The van der Waals surface area contributed by atoms with Crippen molar-refractivity contribution in [2.24, 2.45) is 0 Å². The van der Waals surface area contributed by atoms with Gasteiger partial charge in [-0.25, -0.2) is 4.98 Å². The van der Waals surface area contributed by atoms with Gasteiger partial charge in [0.1, 0.15) is 12.7 Å². The highest BCUT2D eigenvalue weighted by Crippen LogP contribution is 2.44. The Hall–Kier alpha value is -3.94. The van der Waals surface area contributed by atoms with Gasteiger partial charge in [0.15, 0.2) is 0 Å². The molecule has 1 aromatic heterocycles. The minimum absolute atomic E-state index is 0.124. The first-order valence-electron chi connectivity index (χ1n) is 10.2. The van der Waals surface area contributed by atoms with Gasteiger partial charge in [-0.2, -0.15) is 0 Å². The van der Waals surface area contributed by atoms with Crippen LogP contribution in [0, 0.1) is 0 Å². The number of nitrogens with one attached hydrogen (secondary N) is 1. The number of aryl methyl sites for hydroxylation is 1. The fourth-order valence-electron chi connectivity index (χ4n) is 4.25. The molecule has 8 nitrogen and oxygen atoms in total. The van der Waals surface area contributed by atoms with E-state index in [1.807, 2.05) is 29.0 Å². The predicted molar refractivity (Wildman–Crippen MR) is 113 cm³/mol. The summed E-state index contributed by atoms with van der Waals surface area (Å²) in [6, 6.07) is 14.3. The lowest BCUT2D eigenvalue weighted by molar-refractivity contribution is -0.122. The second-order valence-electron chi connectivity index (χ2n) is 7.59. The van der Waals surface area contributed by atoms with E-state index in [1.165, 1.54) is 4.90 Å². The number of nitrogens with zero attached hydrogens (tertiary/aromatic N) is 4. The van der Waals surface area contributed by atoms with Crippen molar-refractivity contribution >= 4 is 23.4 Å². The molecule has 1 N–H and O–H groups in total. The molecule has 8 heteroatoms. The highest BCUT2D eigenvalue weighted by atomic mass is 16.2. The molecule has 5 rings (SSSR count). The average Bonchev–Trinajstić information content (AvgIpc) is 3.41. The highest BCUT2D eigenvalue weighted by Gasteiger charge is 2.47. The van der Waals surface area contributed by atoms with Crippen molar-refractivity contribution < 1.29 is 14.4 Å². The van der Waals surface area contributed by atoms with Crippen molar-refractivity contribution in [3.05, 3.63) is 83.9 Å². The summed E-state index contributed by atoms with van der Waals surface area (Å²) in [5, 5.41) is 2.88. The minimum Gasteiger partial charge on any atom is -0.354 e. The lowest BCUT2D eigenvalue weighted by atomic mass is 10.0. The molecule has 0 radical (unpaired) electrons. The maximum Gasteiger partial charge on any atom is 0.260 e. The summed E-state index contributed by atoms with van der Waals surface area (Å²) in [5.41, 5.74) is 2.30. The fourth-order valence-corrected chi connectivity index (χ4v) is 4.25. The van der Waals surface area contributed by atoms with Crippen LogP contribution in [0.2, 0.25) is 0 Å². The Labute approximate surface area is 179 Å². The van der Waals surface area contributed by atoms with E-state index in [2.05, 4.69) is 10.3 Å². The number of hydrogen-bond donors (Lipinski definition) is 1. The third kappa shape index (κ3) is 3.26. The second-order valence-corrected chi connectivity index (χ2v) is 7.59. The topological polar surface area (TPSA) is 87.5 Å². The molecule has 1 atom stereocenters. The Morgan fingerprint density at radius 3 is 2.58 bits per heavy atom. The van der Waals surface area contributed by atoms with E-state index in [0.717, 1.165) is 18.5 Å². The number of rotatable bonds is 6. The Kier molecular flexibility index (Phi) is 4.74. The van der Waals surface area contributed by atoms with Gasteiger partial charge in [0.05, 0.1) is 17.6 Å². The molecule has 0 saturated carbocycles. The molecule has 2 aliphatic rings. The van der Waals surface area contributed by atoms with Gasteiger partial charge in [-0.1, -0.05) is 30.3 Å². The summed E-state index contributed by atoms with van der Waals surface area (Å²) in [5.74, 6) is -0.670. The number of imidazole rings is 1. The summed E-state index contributed by atoms with van der Waals surface area (Å²) in [6.45, 7) is 1.11. The van der Waals surface area contributed by atoms with Gasteiger partial charge in [0.2, 0.25) is 5.91 Å². The van der Waals surface area contributed by atoms with Crippen molar-refractivity contribution in [3.8, 4) is 0 Å². The number of carbonyl (C=O) groups is 3. The van der Waals surface area contributed by atoms with E-state index in [-0.39, 0.29) is 24.3 Å². The van der Waals surface area contributed by atoms with Crippen LogP contribution in [0.3, 0.4) is 0 Å². The van der Waals surface area contributed by atoms with Crippen molar-refractivity contribution in [1.29, 1.82) is 0 Å². The van der Waals surface area contributed by atoms with E-state index >= 15 is 0 Å². The van der Waals surface area contributed by atoms with Crippen molar-refractivity contribution in [3.63, 3.8) is 0 Å². The third-order valence-corrected chi connectivity index (χ3v) is 5.67. The van der Waals surface area contributed by atoms with Gasteiger partial charge in [0, 0.05) is 36.6 Å². The lowest BCUT2D eigenvalue weighted by Crippen LogP contribution is -2.51. The molecule has 0 fully saturated rings. The first kappa shape index (κ1) is 19.0. The third-order valence-electron chi connectivity index (χ3n) is 5.67. The standard InChI is InChI=1S/C23H21N5O3/c29-20(25-10-5-12-26-13-11-24-15-26)14-27-21-16-6-1-2-7-17(16)23(31)28(21)19-9-4-3-8-18(19)22(27)30/h1-4,6-9,11,13,15,21H,5,10,12,14H2,(H,25,29). The van der Waals surface area contributed by atoms with Crippen LogP contribution in [0.5, 0.6) is 0 Å². The average molecular weight is 415 g/mol. The molecule has 3 amide bonds. The van der Waals surface area contributed by atoms with Crippen LogP contribution in [-0.2, 0) is 11.3 Å². The predicted octanol–water partition coefficient (Wildman–Crippen LogP) is 2.20. The second kappa shape index (κ2) is 7.71. The van der Waals surface area contributed by atoms with Crippen LogP contribution in [0.1, 0.15) is 38.9 Å². The maximum atomic E-state index is 13.3. The lowest BCUT2D eigenvalue weighted by Gasteiger charge is -2.40. The van der Waals surface area contributed by atoms with Crippen LogP contribution in [0.4, 0.5) is 5.69 Å². The Morgan fingerprint density at radius 2 is 1.77 bits per heavy atom. The Morgan fingerprint density at radius 1 is 1.00 bits per heavy atom.